The number of carbonyl (C=O) groups is 4. The number of nitrogens with two attached hydrogens (primary N) is 1. The Morgan fingerprint density at radius 1 is 1.16 bits per heavy atom. The molecule has 1 aliphatic heterocycles. The van der Waals surface area contributed by atoms with Crippen LogP contribution in [0.3, 0.4) is 0 Å². The van der Waals surface area contributed by atoms with E-state index in [-0.39, 0.29) is 22.0 Å². The molecule has 0 bridgehead atoms. The fourth-order valence-electron chi connectivity index (χ4n) is 2.68. The van der Waals surface area contributed by atoms with E-state index in [1.807, 2.05) is 0 Å². The minimum absolute atomic E-state index is 0.136. The van der Waals surface area contributed by atoms with Crippen molar-refractivity contribution in [1.82, 2.24) is 4.90 Å². The first kappa shape index (κ1) is 22.4. The highest BCUT2D eigenvalue weighted by atomic mass is 35.5. The average molecular weight is 461 g/mol. The number of nitrogens with zero attached hydrogens (tertiary/aromatic N) is 1. The molecule has 160 valence electrons. The number of carbonyl (C=O) groups excluding carboxylic acids is 4. The van der Waals surface area contributed by atoms with Crippen molar-refractivity contribution in [1.29, 1.82) is 0 Å². The van der Waals surface area contributed by atoms with Crippen LogP contribution in [-0.4, -0.2) is 41.1 Å². The third-order valence-electron chi connectivity index (χ3n) is 4.02. The van der Waals surface area contributed by atoms with Crippen LogP contribution < -0.4 is 15.2 Å². The van der Waals surface area contributed by atoms with E-state index in [9.17, 15) is 19.2 Å². The number of hydrogen-bond donors (Lipinski definition) is 1. The molecule has 0 aliphatic carbocycles. The van der Waals surface area contributed by atoms with Gasteiger partial charge in [-0.05, 0) is 60.7 Å². The van der Waals surface area contributed by atoms with Gasteiger partial charge in [-0.15, -0.1) is 0 Å². The number of benzene rings is 2. The number of imide groups is 1. The smallest absolute Gasteiger partial charge is 0.343 e. The summed E-state index contributed by atoms with van der Waals surface area (Å²) in [7, 11) is 0. The number of thioether (sulfide) groups is 1. The normalized spacial score (nSPS) is 14.8. The Morgan fingerprint density at radius 3 is 2.61 bits per heavy atom. The molecule has 2 aromatic rings. The van der Waals surface area contributed by atoms with Crippen molar-refractivity contribution in [2.75, 3.05) is 13.2 Å². The van der Waals surface area contributed by atoms with Gasteiger partial charge in [-0.3, -0.25) is 19.3 Å². The van der Waals surface area contributed by atoms with Crippen LogP contribution in [0.25, 0.3) is 6.08 Å². The summed E-state index contributed by atoms with van der Waals surface area (Å²) in [5.74, 6) is -1.53. The van der Waals surface area contributed by atoms with Crippen molar-refractivity contribution >= 4 is 52.5 Å². The summed E-state index contributed by atoms with van der Waals surface area (Å²) in [6.45, 7) is 1.59. The van der Waals surface area contributed by atoms with E-state index in [2.05, 4.69) is 0 Å². The Morgan fingerprint density at radius 2 is 1.94 bits per heavy atom. The van der Waals surface area contributed by atoms with Crippen LogP contribution >= 0.6 is 23.4 Å². The zero-order valence-corrected chi connectivity index (χ0v) is 17.9. The molecule has 0 unspecified atom stereocenters. The van der Waals surface area contributed by atoms with E-state index in [0.717, 1.165) is 4.90 Å². The monoisotopic (exact) mass is 460 g/mol. The van der Waals surface area contributed by atoms with Gasteiger partial charge in [0.2, 0.25) is 5.91 Å². The van der Waals surface area contributed by atoms with Gasteiger partial charge in [-0.1, -0.05) is 23.7 Å². The first-order valence-corrected chi connectivity index (χ1v) is 10.3. The number of primary amides is 1. The molecule has 8 nitrogen and oxygen atoms in total. The molecule has 10 heteroatoms. The Balaban J connectivity index is 1.84. The van der Waals surface area contributed by atoms with Crippen LogP contribution in [0.5, 0.6) is 11.5 Å². The molecule has 3 rings (SSSR count). The topological polar surface area (TPSA) is 116 Å². The molecular weight excluding hydrogens is 444 g/mol. The third kappa shape index (κ3) is 5.44. The largest absolute Gasteiger partial charge is 0.490 e. The fourth-order valence-corrected chi connectivity index (χ4v) is 3.71. The second-order valence-electron chi connectivity index (χ2n) is 6.27. The molecule has 1 heterocycles. The molecule has 0 radical (unpaired) electrons. The Labute approximate surface area is 186 Å². The maximum atomic E-state index is 12.4. The summed E-state index contributed by atoms with van der Waals surface area (Å²) < 4.78 is 11.0. The molecule has 3 amide bonds. The second kappa shape index (κ2) is 9.67. The van der Waals surface area contributed by atoms with Gasteiger partial charge in [0.25, 0.3) is 11.1 Å². The van der Waals surface area contributed by atoms with E-state index in [1.54, 1.807) is 37.3 Å². The first-order chi connectivity index (χ1) is 14.8. The summed E-state index contributed by atoms with van der Waals surface area (Å²) in [6.07, 6.45) is 1.48. The van der Waals surface area contributed by atoms with E-state index in [0.29, 0.717) is 29.0 Å². The molecule has 0 atom stereocenters. The SMILES string of the molecule is CCOc1cc(/C=C2\SC(=O)N(CC(N)=O)C2=O)ccc1OC(=O)c1cccc(Cl)c1. The van der Waals surface area contributed by atoms with Crippen molar-refractivity contribution in [2.45, 2.75) is 6.92 Å². The van der Waals surface area contributed by atoms with Gasteiger partial charge in [0, 0.05) is 5.02 Å². The summed E-state index contributed by atoms with van der Waals surface area (Å²) in [5, 5.41) is -0.174. The maximum Gasteiger partial charge on any atom is 0.343 e. The number of rotatable bonds is 7. The Bertz CT molecular complexity index is 1100. The standard InChI is InChI=1S/C21H17ClN2O6S/c1-2-29-16-8-12(9-17-19(26)24(11-18(23)25)21(28)31-17)6-7-15(16)30-20(27)13-4-3-5-14(22)10-13/h3-10H,2,11H2,1H3,(H2,23,25)/b17-9-. The number of hydrogen-bond acceptors (Lipinski definition) is 7. The number of halogens is 1. The minimum Gasteiger partial charge on any atom is -0.490 e. The fraction of sp³-hybridized carbons (Fsp3) is 0.143. The minimum atomic E-state index is -0.784. The van der Waals surface area contributed by atoms with Crippen LogP contribution in [0.2, 0.25) is 5.02 Å². The Hall–Kier alpha value is -3.30. The first-order valence-electron chi connectivity index (χ1n) is 9.06. The molecule has 2 aromatic carbocycles. The van der Waals surface area contributed by atoms with E-state index in [4.69, 9.17) is 26.8 Å². The molecule has 2 N–H and O–H groups in total. The molecule has 0 spiro atoms. The van der Waals surface area contributed by atoms with Crippen LogP contribution in [0.4, 0.5) is 4.79 Å². The van der Waals surface area contributed by atoms with Gasteiger partial charge in [-0.25, -0.2) is 4.79 Å². The summed E-state index contributed by atoms with van der Waals surface area (Å²) in [5.41, 5.74) is 5.89. The van der Waals surface area contributed by atoms with Crippen molar-refractivity contribution < 1.29 is 28.7 Å². The predicted molar refractivity (Wildman–Crippen MR) is 116 cm³/mol. The summed E-state index contributed by atoms with van der Waals surface area (Å²) >= 11 is 6.62. The zero-order valence-electron chi connectivity index (χ0n) is 16.3. The lowest BCUT2D eigenvalue weighted by molar-refractivity contribution is -0.127. The van der Waals surface area contributed by atoms with E-state index in [1.165, 1.54) is 18.2 Å². The van der Waals surface area contributed by atoms with Crippen molar-refractivity contribution in [3.05, 3.63) is 63.5 Å². The second-order valence-corrected chi connectivity index (χ2v) is 7.70. The van der Waals surface area contributed by atoms with E-state index < -0.39 is 29.6 Å². The molecular formula is C21H17ClN2O6S. The third-order valence-corrected chi connectivity index (χ3v) is 5.16. The van der Waals surface area contributed by atoms with Crippen molar-refractivity contribution in [3.63, 3.8) is 0 Å². The van der Waals surface area contributed by atoms with Crippen LogP contribution in [-0.2, 0) is 9.59 Å². The molecule has 1 fully saturated rings. The lowest BCUT2D eigenvalue weighted by Crippen LogP contribution is -2.36. The van der Waals surface area contributed by atoms with Gasteiger partial charge in [0.05, 0.1) is 17.1 Å². The highest BCUT2D eigenvalue weighted by Crippen LogP contribution is 2.35. The van der Waals surface area contributed by atoms with Gasteiger partial charge in [0.15, 0.2) is 11.5 Å². The molecule has 0 saturated carbocycles. The molecule has 31 heavy (non-hydrogen) atoms. The quantitative estimate of drug-likeness (QED) is 0.382. The van der Waals surface area contributed by atoms with Crippen molar-refractivity contribution in [2.24, 2.45) is 5.73 Å². The lowest BCUT2D eigenvalue weighted by atomic mass is 10.1. The van der Waals surface area contributed by atoms with Gasteiger partial charge in [0.1, 0.15) is 6.54 Å². The van der Waals surface area contributed by atoms with E-state index >= 15 is 0 Å². The predicted octanol–water partition coefficient (Wildman–Crippen LogP) is 3.48. The summed E-state index contributed by atoms with van der Waals surface area (Å²) in [6, 6.07) is 11.0. The van der Waals surface area contributed by atoms with Crippen molar-refractivity contribution in [3.8, 4) is 11.5 Å². The number of ether oxygens (including phenoxy) is 2. The van der Waals surface area contributed by atoms with Crippen LogP contribution in [0.1, 0.15) is 22.8 Å². The maximum absolute atomic E-state index is 12.4. The molecule has 1 saturated heterocycles. The number of esters is 1. The summed E-state index contributed by atoms with van der Waals surface area (Å²) in [4.78, 5) is 48.7. The lowest BCUT2D eigenvalue weighted by Gasteiger charge is -2.12. The zero-order chi connectivity index (χ0) is 22.5. The highest BCUT2D eigenvalue weighted by Gasteiger charge is 2.35. The van der Waals surface area contributed by atoms with Gasteiger partial charge in [-0.2, -0.15) is 0 Å². The van der Waals surface area contributed by atoms with Gasteiger partial charge >= 0.3 is 5.97 Å². The van der Waals surface area contributed by atoms with Crippen LogP contribution in [0, 0.1) is 0 Å². The average Bonchev–Trinajstić information content (AvgIpc) is 2.97. The van der Waals surface area contributed by atoms with Gasteiger partial charge < -0.3 is 15.2 Å². The highest BCUT2D eigenvalue weighted by molar-refractivity contribution is 8.18. The molecule has 0 aromatic heterocycles. The molecule has 1 aliphatic rings. The van der Waals surface area contributed by atoms with Crippen LogP contribution in [0.15, 0.2) is 47.4 Å². The number of amides is 3. The Kier molecular flexibility index (Phi) is 6.98.